The van der Waals surface area contributed by atoms with Crippen LogP contribution in [0.4, 0.5) is 5.69 Å². The number of carbonyl (C=O) groups excluding carboxylic acids is 1. The van der Waals surface area contributed by atoms with Crippen LogP contribution in [0.3, 0.4) is 0 Å². The van der Waals surface area contributed by atoms with Crippen LogP contribution in [0.1, 0.15) is 31.2 Å². The highest BCUT2D eigenvalue weighted by atomic mass is 79.9. The number of hydrogen-bond acceptors (Lipinski definition) is 2. The molecular formula is C14H19BrN2O. The van der Waals surface area contributed by atoms with Crippen molar-refractivity contribution in [2.45, 2.75) is 38.6 Å². The van der Waals surface area contributed by atoms with Crippen LogP contribution >= 0.6 is 15.9 Å². The first kappa shape index (κ1) is 13.6. The standard InChI is InChI=1S/C14H19BrN2O/c1-9-5-6-12(8-13(9)15)17-14(18)10-3-2-4-11(16)7-10/h5-6,8,10-11H,2-4,7,16H2,1H3,(H,17,18). The van der Waals surface area contributed by atoms with Crippen molar-refractivity contribution in [2.75, 3.05) is 5.32 Å². The van der Waals surface area contributed by atoms with Crippen molar-refractivity contribution in [2.24, 2.45) is 11.7 Å². The molecular weight excluding hydrogens is 292 g/mol. The lowest BCUT2D eigenvalue weighted by Crippen LogP contribution is -2.34. The molecule has 18 heavy (non-hydrogen) atoms. The molecule has 0 saturated heterocycles. The molecule has 0 aliphatic heterocycles. The van der Waals surface area contributed by atoms with Crippen molar-refractivity contribution >= 4 is 27.5 Å². The maximum atomic E-state index is 12.1. The normalized spacial score (nSPS) is 23.7. The molecule has 1 aliphatic rings. The van der Waals surface area contributed by atoms with Crippen LogP contribution < -0.4 is 11.1 Å². The summed E-state index contributed by atoms with van der Waals surface area (Å²) in [6, 6.07) is 6.04. The first-order valence-corrected chi connectivity index (χ1v) is 7.18. The third kappa shape index (κ3) is 3.33. The minimum absolute atomic E-state index is 0.0637. The van der Waals surface area contributed by atoms with Crippen molar-refractivity contribution in [1.29, 1.82) is 0 Å². The van der Waals surface area contributed by atoms with Crippen LogP contribution in [0.5, 0.6) is 0 Å². The molecule has 2 rings (SSSR count). The highest BCUT2D eigenvalue weighted by molar-refractivity contribution is 9.10. The number of rotatable bonds is 2. The number of anilines is 1. The molecule has 0 radical (unpaired) electrons. The Bertz CT molecular complexity index is 447. The van der Waals surface area contributed by atoms with E-state index in [0.29, 0.717) is 0 Å². The fourth-order valence-electron chi connectivity index (χ4n) is 2.38. The van der Waals surface area contributed by atoms with Gasteiger partial charge in [-0.1, -0.05) is 28.4 Å². The van der Waals surface area contributed by atoms with Gasteiger partial charge in [0.1, 0.15) is 0 Å². The predicted molar refractivity (Wildman–Crippen MR) is 77.4 cm³/mol. The van der Waals surface area contributed by atoms with E-state index in [-0.39, 0.29) is 17.9 Å². The van der Waals surface area contributed by atoms with Crippen LogP contribution in [0.25, 0.3) is 0 Å². The number of halogens is 1. The Morgan fingerprint density at radius 2 is 2.22 bits per heavy atom. The predicted octanol–water partition coefficient (Wildman–Crippen LogP) is 3.21. The molecule has 98 valence electrons. The number of nitrogens with two attached hydrogens (primary N) is 1. The van der Waals surface area contributed by atoms with Crippen LogP contribution in [-0.4, -0.2) is 11.9 Å². The lowest BCUT2D eigenvalue weighted by Gasteiger charge is -2.25. The molecule has 3 nitrogen and oxygen atoms in total. The van der Waals surface area contributed by atoms with Gasteiger partial charge in [0, 0.05) is 22.1 Å². The second kappa shape index (κ2) is 5.85. The third-order valence-electron chi connectivity index (χ3n) is 3.52. The summed E-state index contributed by atoms with van der Waals surface area (Å²) < 4.78 is 1.01. The fraction of sp³-hybridized carbons (Fsp3) is 0.500. The molecule has 1 aliphatic carbocycles. The minimum atomic E-state index is 0.0637. The maximum Gasteiger partial charge on any atom is 0.227 e. The molecule has 0 bridgehead atoms. The van der Waals surface area contributed by atoms with Crippen molar-refractivity contribution in [3.8, 4) is 0 Å². The Kier molecular flexibility index (Phi) is 4.40. The smallest absolute Gasteiger partial charge is 0.227 e. The van der Waals surface area contributed by atoms with E-state index in [4.69, 9.17) is 5.73 Å². The molecule has 0 spiro atoms. The molecule has 1 aromatic carbocycles. The Morgan fingerprint density at radius 3 is 2.89 bits per heavy atom. The van der Waals surface area contributed by atoms with Gasteiger partial charge in [-0.25, -0.2) is 0 Å². The van der Waals surface area contributed by atoms with E-state index in [1.807, 2.05) is 25.1 Å². The topological polar surface area (TPSA) is 55.1 Å². The zero-order valence-corrected chi connectivity index (χ0v) is 12.2. The lowest BCUT2D eigenvalue weighted by molar-refractivity contribution is -0.120. The highest BCUT2D eigenvalue weighted by Crippen LogP contribution is 2.26. The molecule has 0 heterocycles. The van der Waals surface area contributed by atoms with Gasteiger partial charge in [-0.2, -0.15) is 0 Å². The third-order valence-corrected chi connectivity index (χ3v) is 4.38. The first-order chi connectivity index (χ1) is 8.56. The number of nitrogens with one attached hydrogen (secondary N) is 1. The summed E-state index contributed by atoms with van der Waals surface area (Å²) in [6.07, 6.45) is 3.85. The summed E-state index contributed by atoms with van der Waals surface area (Å²) in [6.45, 7) is 2.02. The van der Waals surface area contributed by atoms with E-state index in [0.717, 1.165) is 41.4 Å². The summed E-state index contributed by atoms with van der Waals surface area (Å²) in [7, 11) is 0. The van der Waals surface area contributed by atoms with Crippen molar-refractivity contribution in [3.05, 3.63) is 28.2 Å². The van der Waals surface area contributed by atoms with Gasteiger partial charge in [-0.05, 0) is 43.9 Å². The monoisotopic (exact) mass is 310 g/mol. The van der Waals surface area contributed by atoms with Gasteiger partial charge < -0.3 is 11.1 Å². The largest absolute Gasteiger partial charge is 0.328 e. The average Bonchev–Trinajstić information content (AvgIpc) is 2.34. The summed E-state index contributed by atoms with van der Waals surface area (Å²) in [5.74, 6) is 0.162. The Morgan fingerprint density at radius 1 is 1.44 bits per heavy atom. The van der Waals surface area contributed by atoms with E-state index < -0.39 is 0 Å². The van der Waals surface area contributed by atoms with Gasteiger partial charge in [-0.15, -0.1) is 0 Å². The number of carbonyl (C=O) groups is 1. The van der Waals surface area contributed by atoms with Gasteiger partial charge in [-0.3, -0.25) is 4.79 Å². The number of amides is 1. The number of hydrogen-bond donors (Lipinski definition) is 2. The molecule has 4 heteroatoms. The lowest BCUT2D eigenvalue weighted by atomic mass is 9.85. The summed E-state index contributed by atoms with van der Waals surface area (Å²) in [5.41, 5.74) is 7.92. The highest BCUT2D eigenvalue weighted by Gasteiger charge is 2.25. The molecule has 2 unspecified atom stereocenters. The van der Waals surface area contributed by atoms with Crippen molar-refractivity contribution < 1.29 is 4.79 Å². The Labute approximate surface area is 116 Å². The summed E-state index contributed by atoms with van der Waals surface area (Å²) in [4.78, 5) is 12.1. The summed E-state index contributed by atoms with van der Waals surface area (Å²) in [5, 5.41) is 2.98. The number of aryl methyl sites for hydroxylation is 1. The van der Waals surface area contributed by atoms with Crippen molar-refractivity contribution in [3.63, 3.8) is 0 Å². The van der Waals surface area contributed by atoms with Gasteiger partial charge in [0.15, 0.2) is 0 Å². The van der Waals surface area contributed by atoms with E-state index in [2.05, 4.69) is 21.2 Å². The van der Waals surface area contributed by atoms with E-state index >= 15 is 0 Å². The quantitative estimate of drug-likeness (QED) is 0.881. The molecule has 1 amide bonds. The van der Waals surface area contributed by atoms with Gasteiger partial charge in [0.05, 0.1) is 0 Å². The maximum absolute atomic E-state index is 12.1. The van der Waals surface area contributed by atoms with Crippen LogP contribution in [0.15, 0.2) is 22.7 Å². The van der Waals surface area contributed by atoms with E-state index in [1.54, 1.807) is 0 Å². The SMILES string of the molecule is Cc1ccc(NC(=O)C2CCCC(N)C2)cc1Br. The van der Waals surface area contributed by atoms with Gasteiger partial charge in [0.25, 0.3) is 0 Å². The molecule has 0 aromatic heterocycles. The van der Waals surface area contributed by atoms with E-state index in [9.17, 15) is 4.79 Å². The minimum Gasteiger partial charge on any atom is -0.328 e. The van der Waals surface area contributed by atoms with E-state index in [1.165, 1.54) is 0 Å². The van der Waals surface area contributed by atoms with Crippen molar-refractivity contribution in [1.82, 2.24) is 0 Å². The zero-order valence-electron chi connectivity index (χ0n) is 10.6. The zero-order chi connectivity index (χ0) is 13.1. The second-order valence-corrected chi connectivity index (χ2v) is 5.93. The molecule has 1 aromatic rings. The van der Waals surface area contributed by atoms with Crippen LogP contribution in [0, 0.1) is 12.8 Å². The van der Waals surface area contributed by atoms with Gasteiger partial charge in [0.2, 0.25) is 5.91 Å². The second-order valence-electron chi connectivity index (χ2n) is 5.08. The fourth-order valence-corrected chi connectivity index (χ4v) is 2.76. The van der Waals surface area contributed by atoms with Crippen LogP contribution in [-0.2, 0) is 4.79 Å². The summed E-state index contributed by atoms with van der Waals surface area (Å²) >= 11 is 3.47. The molecule has 1 saturated carbocycles. The Hall–Kier alpha value is -0.870. The first-order valence-electron chi connectivity index (χ1n) is 6.39. The number of benzene rings is 1. The van der Waals surface area contributed by atoms with Gasteiger partial charge >= 0.3 is 0 Å². The van der Waals surface area contributed by atoms with Crippen LogP contribution in [0.2, 0.25) is 0 Å². The average molecular weight is 311 g/mol. The Balaban J connectivity index is 2.00. The molecule has 1 fully saturated rings. The molecule has 3 N–H and O–H groups in total. The molecule has 2 atom stereocenters.